The molecule has 0 bridgehead atoms. The molecule has 0 aromatic carbocycles. The van der Waals surface area contributed by atoms with Crippen molar-refractivity contribution in [2.24, 2.45) is 0 Å². The van der Waals surface area contributed by atoms with E-state index in [1.165, 1.54) is 11.8 Å². The van der Waals surface area contributed by atoms with Gasteiger partial charge in [-0.25, -0.2) is 4.98 Å². The van der Waals surface area contributed by atoms with Crippen LogP contribution in [-0.2, 0) is 0 Å². The number of nitrogens with one attached hydrogen (secondary N) is 1. The van der Waals surface area contributed by atoms with Crippen molar-refractivity contribution in [1.29, 1.82) is 0 Å². The second-order valence-electron chi connectivity index (χ2n) is 3.77. The van der Waals surface area contributed by atoms with Crippen molar-refractivity contribution in [3.05, 3.63) is 46.3 Å². The number of hydrogen-bond acceptors (Lipinski definition) is 4. The molecule has 0 aliphatic carbocycles. The van der Waals surface area contributed by atoms with Crippen LogP contribution in [0.25, 0.3) is 0 Å². The van der Waals surface area contributed by atoms with Crippen LogP contribution in [0.15, 0.2) is 40.9 Å². The number of rotatable bonds is 4. The van der Waals surface area contributed by atoms with Crippen LogP contribution in [0.2, 0.25) is 0 Å². The quantitative estimate of drug-likeness (QED) is 0.872. The SMILES string of the molecule is CSc1ncccc1C(=O)N[C@@H](C)c1cccs1. The fourth-order valence-corrected chi connectivity index (χ4v) is 2.89. The van der Waals surface area contributed by atoms with Gasteiger partial charge in [0.05, 0.1) is 11.6 Å². The third-order valence-corrected chi connectivity index (χ3v) is 4.29. The summed E-state index contributed by atoms with van der Waals surface area (Å²) in [6.07, 6.45) is 3.62. The Kier molecular flexibility index (Phi) is 4.38. The minimum atomic E-state index is -0.0756. The highest BCUT2D eigenvalue weighted by atomic mass is 32.2. The number of carbonyl (C=O) groups is 1. The lowest BCUT2D eigenvalue weighted by molar-refractivity contribution is 0.0937. The molecule has 2 aromatic rings. The summed E-state index contributed by atoms with van der Waals surface area (Å²) in [6.45, 7) is 1.98. The van der Waals surface area contributed by atoms with Crippen LogP contribution >= 0.6 is 23.1 Å². The van der Waals surface area contributed by atoms with Crippen molar-refractivity contribution in [2.45, 2.75) is 18.0 Å². The van der Waals surface area contributed by atoms with E-state index in [9.17, 15) is 4.79 Å². The predicted molar refractivity (Wildman–Crippen MR) is 76.2 cm³/mol. The summed E-state index contributed by atoms with van der Waals surface area (Å²) in [5.74, 6) is -0.0756. The first-order valence-electron chi connectivity index (χ1n) is 5.55. The van der Waals surface area contributed by atoms with E-state index in [1.54, 1.807) is 29.7 Å². The van der Waals surface area contributed by atoms with Gasteiger partial charge in [0.25, 0.3) is 5.91 Å². The lowest BCUT2D eigenvalue weighted by Crippen LogP contribution is -2.26. The molecule has 0 aliphatic rings. The molecule has 0 saturated heterocycles. The summed E-state index contributed by atoms with van der Waals surface area (Å²) < 4.78 is 0. The van der Waals surface area contributed by atoms with Gasteiger partial charge in [-0.1, -0.05) is 6.07 Å². The number of carbonyl (C=O) groups excluding carboxylic acids is 1. The molecular weight excluding hydrogens is 264 g/mol. The number of aromatic nitrogens is 1. The standard InChI is InChI=1S/C13H14N2OS2/c1-9(11-6-4-8-18-11)15-12(16)10-5-3-7-14-13(10)17-2/h3-9H,1-2H3,(H,15,16)/t9-/m0/s1. The van der Waals surface area contributed by atoms with Crippen molar-refractivity contribution in [2.75, 3.05) is 6.26 Å². The Bertz CT molecular complexity index is 526. The van der Waals surface area contributed by atoms with Gasteiger partial charge in [0.1, 0.15) is 5.03 Å². The Hall–Kier alpha value is -1.33. The van der Waals surface area contributed by atoms with Crippen molar-refractivity contribution in [3.63, 3.8) is 0 Å². The summed E-state index contributed by atoms with van der Waals surface area (Å²) in [5.41, 5.74) is 0.633. The van der Waals surface area contributed by atoms with Crippen molar-refractivity contribution in [1.82, 2.24) is 10.3 Å². The summed E-state index contributed by atoms with van der Waals surface area (Å²) >= 11 is 3.12. The molecule has 94 valence electrons. The van der Waals surface area contributed by atoms with Gasteiger partial charge in [-0.15, -0.1) is 23.1 Å². The Balaban J connectivity index is 2.12. The maximum Gasteiger partial charge on any atom is 0.254 e. The molecule has 0 aliphatic heterocycles. The first kappa shape index (κ1) is 13.1. The fourth-order valence-electron chi connectivity index (χ4n) is 1.61. The van der Waals surface area contributed by atoms with Crippen molar-refractivity contribution < 1.29 is 4.79 Å². The van der Waals surface area contributed by atoms with E-state index in [1.807, 2.05) is 30.7 Å². The molecule has 5 heteroatoms. The molecule has 18 heavy (non-hydrogen) atoms. The van der Waals surface area contributed by atoms with Crippen LogP contribution in [-0.4, -0.2) is 17.1 Å². The minimum absolute atomic E-state index is 0.0208. The third-order valence-electron chi connectivity index (χ3n) is 2.53. The number of amides is 1. The van der Waals surface area contributed by atoms with Crippen LogP contribution in [0.5, 0.6) is 0 Å². The molecule has 2 heterocycles. The average Bonchev–Trinajstić information content (AvgIpc) is 2.92. The summed E-state index contributed by atoms with van der Waals surface area (Å²) in [6, 6.07) is 7.61. The first-order chi connectivity index (χ1) is 8.72. The maximum atomic E-state index is 12.2. The number of pyridine rings is 1. The summed E-state index contributed by atoms with van der Waals surface area (Å²) in [4.78, 5) is 17.5. The maximum absolute atomic E-state index is 12.2. The molecule has 1 atom stereocenters. The zero-order valence-corrected chi connectivity index (χ0v) is 11.8. The van der Waals surface area contributed by atoms with Crippen LogP contribution in [0.4, 0.5) is 0 Å². The normalized spacial score (nSPS) is 12.1. The van der Waals surface area contributed by atoms with Crippen LogP contribution in [0.3, 0.4) is 0 Å². The molecule has 2 rings (SSSR count). The van der Waals surface area contributed by atoms with Gasteiger partial charge in [0.15, 0.2) is 0 Å². The van der Waals surface area contributed by atoms with Gasteiger partial charge in [-0.2, -0.15) is 0 Å². The molecule has 1 amide bonds. The molecule has 0 unspecified atom stereocenters. The first-order valence-corrected chi connectivity index (χ1v) is 7.66. The second-order valence-corrected chi connectivity index (χ2v) is 5.55. The molecule has 0 fully saturated rings. The highest BCUT2D eigenvalue weighted by Gasteiger charge is 2.15. The number of thiophene rings is 1. The zero-order chi connectivity index (χ0) is 13.0. The smallest absolute Gasteiger partial charge is 0.254 e. The predicted octanol–water partition coefficient (Wildman–Crippen LogP) is 3.36. The monoisotopic (exact) mass is 278 g/mol. The molecule has 0 saturated carbocycles. The molecule has 1 N–H and O–H groups in total. The highest BCUT2D eigenvalue weighted by molar-refractivity contribution is 7.98. The number of hydrogen-bond donors (Lipinski definition) is 1. The lowest BCUT2D eigenvalue weighted by atomic mass is 10.2. The molecule has 0 radical (unpaired) electrons. The van der Waals surface area contributed by atoms with E-state index in [2.05, 4.69) is 10.3 Å². The van der Waals surface area contributed by atoms with Gasteiger partial charge in [0, 0.05) is 11.1 Å². The van der Waals surface area contributed by atoms with E-state index in [0.717, 1.165) is 9.90 Å². The van der Waals surface area contributed by atoms with Crippen LogP contribution in [0, 0.1) is 0 Å². The molecule has 3 nitrogen and oxygen atoms in total. The van der Waals surface area contributed by atoms with Gasteiger partial charge in [0.2, 0.25) is 0 Å². The zero-order valence-electron chi connectivity index (χ0n) is 10.2. The Morgan fingerprint density at radius 1 is 1.44 bits per heavy atom. The van der Waals surface area contributed by atoms with E-state index < -0.39 is 0 Å². The summed E-state index contributed by atoms with van der Waals surface area (Å²) in [7, 11) is 0. The van der Waals surface area contributed by atoms with E-state index in [0.29, 0.717) is 5.56 Å². The van der Waals surface area contributed by atoms with Gasteiger partial charge >= 0.3 is 0 Å². The van der Waals surface area contributed by atoms with E-state index in [4.69, 9.17) is 0 Å². The number of nitrogens with zero attached hydrogens (tertiary/aromatic N) is 1. The largest absolute Gasteiger partial charge is 0.345 e. The Morgan fingerprint density at radius 2 is 2.28 bits per heavy atom. The molecule has 0 spiro atoms. The molecule has 2 aromatic heterocycles. The van der Waals surface area contributed by atoms with E-state index >= 15 is 0 Å². The van der Waals surface area contributed by atoms with Crippen molar-refractivity contribution >= 4 is 29.0 Å². The Labute approximate surface area is 115 Å². The van der Waals surface area contributed by atoms with Crippen molar-refractivity contribution in [3.8, 4) is 0 Å². The van der Waals surface area contributed by atoms with Crippen LogP contribution in [0.1, 0.15) is 28.2 Å². The lowest BCUT2D eigenvalue weighted by Gasteiger charge is -2.13. The average molecular weight is 278 g/mol. The highest BCUT2D eigenvalue weighted by Crippen LogP contribution is 2.21. The van der Waals surface area contributed by atoms with Gasteiger partial charge in [-0.3, -0.25) is 4.79 Å². The molecular formula is C13H14N2OS2. The van der Waals surface area contributed by atoms with Gasteiger partial charge < -0.3 is 5.32 Å². The van der Waals surface area contributed by atoms with Gasteiger partial charge in [-0.05, 0) is 36.8 Å². The third kappa shape index (κ3) is 2.91. The number of thioether (sulfide) groups is 1. The minimum Gasteiger partial charge on any atom is -0.345 e. The second kappa shape index (κ2) is 6.02. The topological polar surface area (TPSA) is 42.0 Å². The summed E-state index contributed by atoms with van der Waals surface area (Å²) in [5, 5.41) is 5.76. The Morgan fingerprint density at radius 3 is 2.94 bits per heavy atom. The fraction of sp³-hybridized carbons (Fsp3) is 0.231. The van der Waals surface area contributed by atoms with Crippen LogP contribution < -0.4 is 5.32 Å². The van der Waals surface area contributed by atoms with E-state index in [-0.39, 0.29) is 11.9 Å².